The molecule has 2 amide bonds. The minimum absolute atomic E-state index is 0.208. The lowest BCUT2D eigenvalue weighted by molar-refractivity contribution is 0.262. The molecule has 0 bridgehead atoms. The Balaban J connectivity index is 1.74. The predicted octanol–water partition coefficient (Wildman–Crippen LogP) is 3.27. The van der Waals surface area contributed by atoms with Crippen LogP contribution in [0, 0.1) is 6.92 Å². The van der Waals surface area contributed by atoms with Crippen LogP contribution in [0.3, 0.4) is 0 Å². The fraction of sp³-hybridized carbons (Fsp3) is 0.235. The Labute approximate surface area is 145 Å². The fourth-order valence-electron chi connectivity index (χ4n) is 2.24. The van der Waals surface area contributed by atoms with Crippen LogP contribution >= 0.6 is 0 Å². The number of nitrogens with one attached hydrogen (secondary N) is 2. The van der Waals surface area contributed by atoms with E-state index >= 15 is 0 Å². The van der Waals surface area contributed by atoms with Crippen molar-refractivity contribution in [3.63, 3.8) is 0 Å². The second kappa shape index (κ2) is 7.08. The number of amides is 2. The van der Waals surface area contributed by atoms with Gasteiger partial charge in [0.05, 0.1) is 0 Å². The van der Waals surface area contributed by atoms with Crippen LogP contribution < -0.4 is 10.6 Å². The molecule has 25 heavy (non-hydrogen) atoms. The molecule has 0 unspecified atom stereocenters. The first-order chi connectivity index (χ1) is 12.0. The first kappa shape index (κ1) is 16.6. The van der Waals surface area contributed by atoms with Crippen LogP contribution in [0.25, 0.3) is 11.5 Å². The molecule has 0 aliphatic carbocycles. The Hall–Kier alpha value is -3.29. The molecule has 0 aliphatic rings. The van der Waals surface area contributed by atoms with Crippen molar-refractivity contribution in [3.05, 3.63) is 48.4 Å². The molecule has 0 spiro atoms. The molecule has 0 aromatic carbocycles. The van der Waals surface area contributed by atoms with Crippen molar-refractivity contribution >= 4 is 17.7 Å². The number of nitrogens with zero attached hydrogens (tertiary/aromatic N) is 5. The van der Waals surface area contributed by atoms with E-state index in [1.165, 1.54) is 0 Å². The third kappa shape index (κ3) is 3.97. The molecule has 3 aromatic rings. The maximum absolute atomic E-state index is 12.1. The molecule has 0 saturated heterocycles. The maximum Gasteiger partial charge on any atom is 0.326 e. The summed E-state index contributed by atoms with van der Waals surface area (Å²) < 4.78 is 1.92. The Bertz CT molecular complexity index is 871. The summed E-state index contributed by atoms with van der Waals surface area (Å²) in [6, 6.07) is 8.76. The number of hydrogen-bond donors (Lipinski definition) is 2. The van der Waals surface area contributed by atoms with Crippen LogP contribution in [0.5, 0.6) is 0 Å². The molecule has 0 saturated carbocycles. The number of anilines is 2. The smallest absolute Gasteiger partial charge is 0.310 e. The number of aryl methyl sites for hydroxylation is 1. The molecule has 3 rings (SSSR count). The van der Waals surface area contributed by atoms with Gasteiger partial charge >= 0.3 is 6.03 Å². The molecular weight excluding hydrogens is 318 g/mol. The van der Waals surface area contributed by atoms with E-state index in [1.807, 2.05) is 37.5 Å². The minimum atomic E-state index is -0.411. The molecule has 0 atom stereocenters. The molecule has 0 aliphatic heterocycles. The normalized spacial score (nSPS) is 10.7. The van der Waals surface area contributed by atoms with E-state index in [0.717, 1.165) is 5.56 Å². The number of aromatic nitrogens is 5. The zero-order valence-corrected chi connectivity index (χ0v) is 14.3. The van der Waals surface area contributed by atoms with E-state index in [-0.39, 0.29) is 6.04 Å². The van der Waals surface area contributed by atoms with Gasteiger partial charge in [-0.1, -0.05) is 12.1 Å². The van der Waals surface area contributed by atoms with Gasteiger partial charge in [-0.25, -0.2) is 14.8 Å². The van der Waals surface area contributed by atoms with E-state index in [0.29, 0.717) is 23.2 Å². The summed E-state index contributed by atoms with van der Waals surface area (Å²) in [5, 5.41) is 13.4. The van der Waals surface area contributed by atoms with Crippen molar-refractivity contribution in [3.8, 4) is 11.5 Å². The second-order valence-electron chi connectivity index (χ2n) is 5.86. The van der Waals surface area contributed by atoms with E-state index in [9.17, 15) is 4.79 Å². The maximum atomic E-state index is 12.1. The van der Waals surface area contributed by atoms with Gasteiger partial charge in [0.15, 0.2) is 5.82 Å². The lowest BCUT2D eigenvalue weighted by atomic mass is 10.3. The van der Waals surface area contributed by atoms with Gasteiger partial charge in [0.2, 0.25) is 0 Å². The predicted molar refractivity (Wildman–Crippen MR) is 95.3 cm³/mol. The highest BCUT2D eigenvalue weighted by Gasteiger charge is 2.12. The van der Waals surface area contributed by atoms with Crippen LogP contribution in [0.15, 0.2) is 42.9 Å². The third-order valence-electron chi connectivity index (χ3n) is 3.50. The Morgan fingerprint density at radius 3 is 2.64 bits per heavy atom. The SMILES string of the molecule is Cc1ccc(NC(=O)Nc2cccc(-c3nncn3C(C)C)n2)nc1. The summed E-state index contributed by atoms with van der Waals surface area (Å²) in [6.45, 7) is 6.01. The third-order valence-corrected chi connectivity index (χ3v) is 3.50. The number of carbonyl (C=O) groups is 1. The lowest BCUT2D eigenvalue weighted by Gasteiger charge is -2.11. The standard InChI is InChI=1S/C17H19N7O/c1-11(2)24-10-19-23-16(24)13-5-4-6-15(20-13)22-17(25)21-14-8-7-12(3)9-18-14/h4-11H,1-3H3,(H2,18,20,21,22,25). The lowest BCUT2D eigenvalue weighted by Crippen LogP contribution is -2.20. The quantitative estimate of drug-likeness (QED) is 0.761. The Morgan fingerprint density at radius 2 is 1.92 bits per heavy atom. The van der Waals surface area contributed by atoms with Crippen molar-refractivity contribution in [1.82, 2.24) is 24.7 Å². The fourth-order valence-corrected chi connectivity index (χ4v) is 2.24. The summed E-state index contributed by atoms with van der Waals surface area (Å²) in [5.41, 5.74) is 1.66. The van der Waals surface area contributed by atoms with Crippen LogP contribution in [-0.2, 0) is 0 Å². The van der Waals surface area contributed by atoms with Gasteiger partial charge in [-0.3, -0.25) is 10.6 Å². The summed E-state index contributed by atoms with van der Waals surface area (Å²) in [7, 11) is 0. The average molecular weight is 337 g/mol. The highest BCUT2D eigenvalue weighted by Crippen LogP contribution is 2.19. The average Bonchev–Trinajstić information content (AvgIpc) is 3.07. The number of rotatable bonds is 4. The molecule has 8 nitrogen and oxygen atoms in total. The summed E-state index contributed by atoms with van der Waals surface area (Å²) >= 11 is 0. The van der Waals surface area contributed by atoms with E-state index in [4.69, 9.17) is 0 Å². The zero-order valence-electron chi connectivity index (χ0n) is 14.3. The van der Waals surface area contributed by atoms with Crippen LogP contribution in [0.4, 0.5) is 16.4 Å². The second-order valence-corrected chi connectivity index (χ2v) is 5.86. The van der Waals surface area contributed by atoms with Crippen molar-refractivity contribution in [2.75, 3.05) is 10.6 Å². The van der Waals surface area contributed by atoms with Gasteiger partial charge in [0.1, 0.15) is 23.7 Å². The molecular formula is C17H19N7O. The minimum Gasteiger partial charge on any atom is -0.310 e. The van der Waals surface area contributed by atoms with Crippen LogP contribution in [-0.4, -0.2) is 30.8 Å². The molecule has 2 N–H and O–H groups in total. The zero-order chi connectivity index (χ0) is 17.8. The van der Waals surface area contributed by atoms with E-state index in [2.05, 4.69) is 30.8 Å². The van der Waals surface area contributed by atoms with Crippen molar-refractivity contribution in [1.29, 1.82) is 0 Å². The monoisotopic (exact) mass is 337 g/mol. The number of urea groups is 1. The van der Waals surface area contributed by atoms with Crippen molar-refractivity contribution in [2.45, 2.75) is 26.8 Å². The Kier molecular flexibility index (Phi) is 4.69. The van der Waals surface area contributed by atoms with Gasteiger partial charge in [-0.05, 0) is 44.5 Å². The number of hydrogen-bond acceptors (Lipinski definition) is 5. The van der Waals surface area contributed by atoms with E-state index < -0.39 is 6.03 Å². The molecule has 8 heteroatoms. The van der Waals surface area contributed by atoms with Crippen molar-refractivity contribution < 1.29 is 4.79 Å². The van der Waals surface area contributed by atoms with Gasteiger partial charge in [-0.15, -0.1) is 10.2 Å². The molecule has 0 radical (unpaired) electrons. The highest BCUT2D eigenvalue weighted by molar-refractivity contribution is 5.98. The first-order valence-electron chi connectivity index (χ1n) is 7.90. The summed E-state index contributed by atoms with van der Waals surface area (Å²) in [6.07, 6.45) is 3.35. The van der Waals surface area contributed by atoms with Crippen molar-refractivity contribution in [2.24, 2.45) is 0 Å². The van der Waals surface area contributed by atoms with Gasteiger partial charge in [-0.2, -0.15) is 0 Å². The largest absolute Gasteiger partial charge is 0.326 e. The summed E-state index contributed by atoms with van der Waals surface area (Å²) in [5.74, 6) is 1.54. The van der Waals surface area contributed by atoms with Gasteiger partial charge in [0, 0.05) is 12.2 Å². The first-order valence-corrected chi connectivity index (χ1v) is 7.90. The van der Waals surface area contributed by atoms with Crippen LogP contribution in [0.1, 0.15) is 25.5 Å². The summed E-state index contributed by atoms with van der Waals surface area (Å²) in [4.78, 5) is 20.7. The van der Waals surface area contributed by atoms with Crippen LogP contribution in [0.2, 0.25) is 0 Å². The Morgan fingerprint density at radius 1 is 1.12 bits per heavy atom. The molecule has 0 fully saturated rings. The molecule has 3 heterocycles. The van der Waals surface area contributed by atoms with Gasteiger partial charge < -0.3 is 4.57 Å². The van der Waals surface area contributed by atoms with E-state index in [1.54, 1.807) is 30.7 Å². The van der Waals surface area contributed by atoms with Gasteiger partial charge in [0.25, 0.3) is 0 Å². The highest BCUT2D eigenvalue weighted by atomic mass is 16.2. The topological polar surface area (TPSA) is 97.6 Å². The number of pyridine rings is 2. The molecule has 3 aromatic heterocycles. The number of carbonyl (C=O) groups excluding carboxylic acids is 1. The molecule has 128 valence electrons.